The van der Waals surface area contributed by atoms with Crippen LogP contribution in [-0.4, -0.2) is 15.7 Å². The number of oxime groups is 1. The summed E-state index contributed by atoms with van der Waals surface area (Å²) in [5.41, 5.74) is 10.7. The lowest BCUT2D eigenvalue weighted by atomic mass is 10.0. The molecule has 0 amide bonds. The topological polar surface area (TPSA) is 73.4 Å². The molecule has 5 nitrogen and oxygen atoms in total. The van der Waals surface area contributed by atoms with E-state index >= 15 is 0 Å². The molecule has 1 aromatic carbocycles. The zero-order valence-corrected chi connectivity index (χ0v) is 13.9. The van der Waals surface area contributed by atoms with E-state index in [1.807, 2.05) is 49.4 Å². The van der Waals surface area contributed by atoms with Crippen molar-refractivity contribution >= 4 is 17.2 Å². The summed E-state index contributed by atoms with van der Waals surface area (Å²) in [5, 5.41) is 4.10. The Morgan fingerprint density at radius 1 is 1.08 bits per heavy atom. The summed E-state index contributed by atoms with van der Waals surface area (Å²) in [7, 11) is 0. The second-order valence-electron chi connectivity index (χ2n) is 5.49. The monoisotopic (exact) mass is 330 g/mol. The molecule has 5 heteroatoms. The van der Waals surface area contributed by atoms with Crippen LogP contribution >= 0.6 is 0 Å². The third-order valence-electron chi connectivity index (χ3n) is 3.60. The molecular weight excluding hydrogens is 312 g/mol. The fourth-order valence-electron chi connectivity index (χ4n) is 2.31. The number of hydrogen-bond acceptors (Lipinski definition) is 5. The van der Waals surface area contributed by atoms with Crippen LogP contribution in [0.15, 0.2) is 78.9 Å². The third-order valence-corrected chi connectivity index (χ3v) is 3.60. The van der Waals surface area contributed by atoms with Gasteiger partial charge in [-0.2, -0.15) is 0 Å². The first-order chi connectivity index (χ1) is 12.1. The van der Waals surface area contributed by atoms with Crippen molar-refractivity contribution in [3.05, 3.63) is 85.0 Å². The van der Waals surface area contributed by atoms with Gasteiger partial charge in [0.2, 0.25) is 0 Å². The highest BCUT2D eigenvalue weighted by Crippen LogP contribution is 2.26. The SMILES string of the molecule is C=C(O/N=C(\C)c1ccccn1)c1cc(N)cc(-c2cccnc2)c1. The molecule has 0 spiro atoms. The van der Waals surface area contributed by atoms with Gasteiger partial charge in [-0.05, 0) is 48.9 Å². The molecule has 0 aliphatic rings. The van der Waals surface area contributed by atoms with Gasteiger partial charge in [0, 0.05) is 35.4 Å². The number of anilines is 1. The Hall–Kier alpha value is -3.47. The van der Waals surface area contributed by atoms with Crippen molar-refractivity contribution < 1.29 is 4.84 Å². The van der Waals surface area contributed by atoms with Gasteiger partial charge in [-0.15, -0.1) is 0 Å². The maximum Gasteiger partial charge on any atom is 0.158 e. The van der Waals surface area contributed by atoms with Crippen LogP contribution in [0.5, 0.6) is 0 Å². The molecule has 0 radical (unpaired) electrons. The molecule has 3 rings (SSSR count). The lowest BCUT2D eigenvalue weighted by Gasteiger charge is -2.09. The largest absolute Gasteiger partial charge is 0.399 e. The number of aromatic nitrogens is 2. The van der Waals surface area contributed by atoms with E-state index in [2.05, 4.69) is 21.7 Å². The highest BCUT2D eigenvalue weighted by molar-refractivity contribution is 5.96. The summed E-state index contributed by atoms with van der Waals surface area (Å²) in [6.07, 6.45) is 5.22. The number of pyridine rings is 2. The van der Waals surface area contributed by atoms with Crippen molar-refractivity contribution in [3.8, 4) is 11.1 Å². The van der Waals surface area contributed by atoms with Crippen LogP contribution in [0.1, 0.15) is 18.2 Å². The van der Waals surface area contributed by atoms with E-state index < -0.39 is 0 Å². The summed E-state index contributed by atoms with van der Waals surface area (Å²) in [5.74, 6) is 0.410. The van der Waals surface area contributed by atoms with Crippen molar-refractivity contribution in [3.63, 3.8) is 0 Å². The lowest BCUT2D eigenvalue weighted by molar-refractivity contribution is 0.299. The van der Waals surface area contributed by atoms with E-state index in [0.29, 0.717) is 17.2 Å². The van der Waals surface area contributed by atoms with Crippen molar-refractivity contribution in [2.75, 3.05) is 5.73 Å². The first-order valence-electron chi connectivity index (χ1n) is 7.77. The molecule has 25 heavy (non-hydrogen) atoms. The summed E-state index contributed by atoms with van der Waals surface area (Å²) in [6, 6.07) is 15.1. The molecule has 0 atom stereocenters. The smallest absolute Gasteiger partial charge is 0.158 e. The Bertz CT molecular complexity index is 905. The van der Waals surface area contributed by atoms with E-state index in [0.717, 1.165) is 22.4 Å². The van der Waals surface area contributed by atoms with E-state index in [-0.39, 0.29) is 0 Å². The van der Waals surface area contributed by atoms with Gasteiger partial charge in [-0.1, -0.05) is 23.9 Å². The summed E-state index contributed by atoms with van der Waals surface area (Å²) in [6.45, 7) is 5.77. The third kappa shape index (κ3) is 4.09. The predicted molar refractivity (Wildman–Crippen MR) is 101 cm³/mol. The maximum atomic E-state index is 6.02. The zero-order valence-electron chi connectivity index (χ0n) is 13.9. The summed E-state index contributed by atoms with van der Waals surface area (Å²) >= 11 is 0. The number of nitrogens with zero attached hydrogens (tertiary/aromatic N) is 3. The van der Waals surface area contributed by atoms with E-state index in [9.17, 15) is 0 Å². The van der Waals surface area contributed by atoms with E-state index in [1.165, 1.54) is 0 Å². The molecule has 0 saturated carbocycles. The molecular formula is C20H18N4O. The average Bonchev–Trinajstić information content (AvgIpc) is 2.66. The molecule has 2 heterocycles. The van der Waals surface area contributed by atoms with Crippen molar-refractivity contribution in [2.45, 2.75) is 6.92 Å². The maximum absolute atomic E-state index is 6.02. The minimum absolute atomic E-state index is 0.410. The molecule has 124 valence electrons. The van der Waals surface area contributed by atoms with Crippen LogP contribution in [-0.2, 0) is 4.84 Å². The molecule has 2 aromatic heterocycles. The predicted octanol–water partition coefficient (Wildman–Crippen LogP) is 4.14. The first kappa shape index (κ1) is 16.4. The van der Waals surface area contributed by atoms with Crippen LogP contribution in [0.25, 0.3) is 16.9 Å². The zero-order chi connectivity index (χ0) is 17.6. The van der Waals surface area contributed by atoms with Gasteiger partial charge in [0.25, 0.3) is 0 Å². The molecule has 0 fully saturated rings. The minimum atomic E-state index is 0.410. The van der Waals surface area contributed by atoms with Gasteiger partial charge < -0.3 is 10.6 Å². The van der Waals surface area contributed by atoms with Gasteiger partial charge in [0.1, 0.15) is 5.71 Å². The molecule has 0 unspecified atom stereocenters. The van der Waals surface area contributed by atoms with Gasteiger partial charge in [-0.25, -0.2) is 0 Å². The molecule has 3 aromatic rings. The number of rotatable bonds is 5. The number of hydrogen-bond donors (Lipinski definition) is 1. The summed E-state index contributed by atoms with van der Waals surface area (Å²) in [4.78, 5) is 13.8. The molecule has 0 aliphatic heterocycles. The molecule has 0 aliphatic carbocycles. The Balaban J connectivity index is 1.82. The highest BCUT2D eigenvalue weighted by atomic mass is 16.6. The summed E-state index contributed by atoms with van der Waals surface area (Å²) < 4.78 is 0. The van der Waals surface area contributed by atoms with Crippen LogP contribution in [0.4, 0.5) is 5.69 Å². The molecule has 0 saturated heterocycles. The standard InChI is InChI=1S/C20H18N4O/c1-14(20-7-3-4-9-23-20)24-25-15(2)17-10-18(12-19(21)11-17)16-6-5-8-22-13-16/h3-13H,2,21H2,1H3/b24-14+. The fraction of sp³-hybridized carbons (Fsp3) is 0.0500. The Kier molecular flexibility index (Phi) is 4.85. The Morgan fingerprint density at radius 3 is 2.68 bits per heavy atom. The number of nitrogen functional groups attached to an aromatic ring is 1. The van der Waals surface area contributed by atoms with Crippen LogP contribution in [0.2, 0.25) is 0 Å². The van der Waals surface area contributed by atoms with Gasteiger partial charge in [0.05, 0.1) is 5.69 Å². The second-order valence-corrected chi connectivity index (χ2v) is 5.49. The van der Waals surface area contributed by atoms with Crippen molar-refractivity contribution in [1.82, 2.24) is 9.97 Å². The lowest BCUT2D eigenvalue weighted by Crippen LogP contribution is -1.99. The van der Waals surface area contributed by atoms with Gasteiger partial charge in [-0.3, -0.25) is 9.97 Å². The quantitative estimate of drug-likeness (QED) is 0.330. The minimum Gasteiger partial charge on any atom is -0.399 e. The normalized spacial score (nSPS) is 11.2. The molecule has 2 N–H and O–H groups in total. The molecule has 0 bridgehead atoms. The average molecular weight is 330 g/mol. The van der Waals surface area contributed by atoms with E-state index in [1.54, 1.807) is 24.7 Å². The van der Waals surface area contributed by atoms with Gasteiger partial charge >= 0.3 is 0 Å². The van der Waals surface area contributed by atoms with Crippen molar-refractivity contribution in [2.24, 2.45) is 5.16 Å². The second kappa shape index (κ2) is 7.40. The highest BCUT2D eigenvalue weighted by Gasteiger charge is 2.07. The number of nitrogens with two attached hydrogens (primary N) is 1. The van der Waals surface area contributed by atoms with Crippen molar-refractivity contribution in [1.29, 1.82) is 0 Å². The number of benzene rings is 1. The fourth-order valence-corrected chi connectivity index (χ4v) is 2.31. The van der Waals surface area contributed by atoms with Crippen LogP contribution in [0, 0.1) is 0 Å². The first-order valence-corrected chi connectivity index (χ1v) is 7.77. The Labute approximate surface area is 146 Å². The van der Waals surface area contributed by atoms with Crippen LogP contribution < -0.4 is 5.73 Å². The van der Waals surface area contributed by atoms with Gasteiger partial charge in [0.15, 0.2) is 5.76 Å². The Morgan fingerprint density at radius 2 is 1.96 bits per heavy atom. The van der Waals surface area contributed by atoms with Crippen LogP contribution in [0.3, 0.4) is 0 Å². The van der Waals surface area contributed by atoms with E-state index in [4.69, 9.17) is 10.6 Å².